The first-order valence-electron chi connectivity index (χ1n) is 7.14. The van der Waals surface area contributed by atoms with E-state index in [-0.39, 0.29) is 6.04 Å². The number of rotatable bonds is 6. The van der Waals surface area contributed by atoms with E-state index in [4.69, 9.17) is 10.5 Å². The van der Waals surface area contributed by atoms with Crippen molar-refractivity contribution in [1.82, 2.24) is 4.90 Å². The fourth-order valence-electron chi connectivity index (χ4n) is 2.33. The predicted octanol–water partition coefficient (Wildman–Crippen LogP) is 3.19. The molecule has 0 aromatic heterocycles. The highest BCUT2D eigenvalue weighted by Gasteiger charge is 2.12. The van der Waals surface area contributed by atoms with Gasteiger partial charge in [-0.3, -0.25) is 0 Å². The molecule has 0 aliphatic rings. The summed E-state index contributed by atoms with van der Waals surface area (Å²) < 4.78 is 6.06. The van der Waals surface area contributed by atoms with Crippen LogP contribution in [0.3, 0.4) is 0 Å². The monoisotopic (exact) mass is 272 g/mol. The molecule has 2 aromatic carbocycles. The molecule has 0 aliphatic carbocycles. The molecule has 0 fully saturated rings. The molecular weight excluding hydrogens is 248 g/mol. The van der Waals surface area contributed by atoms with E-state index in [2.05, 4.69) is 43.3 Å². The molecule has 0 saturated carbocycles. The second-order valence-electron chi connectivity index (χ2n) is 5.50. The Balaban J connectivity index is 2.25. The third-order valence-corrected chi connectivity index (χ3v) is 3.40. The average Bonchev–Trinajstić information content (AvgIpc) is 2.42. The van der Waals surface area contributed by atoms with Gasteiger partial charge in [-0.05, 0) is 32.8 Å². The first-order valence-corrected chi connectivity index (χ1v) is 7.14. The Morgan fingerprint density at radius 2 is 1.90 bits per heavy atom. The van der Waals surface area contributed by atoms with Crippen LogP contribution in [0.5, 0.6) is 5.75 Å². The van der Waals surface area contributed by atoms with Crippen molar-refractivity contribution in [1.29, 1.82) is 0 Å². The Labute approximate surface area is 121 Å². The van der Waals surface area contributed by atoms with Crippen LogP contribution in [0.4, 0.5) is 0 Å². The Kier molecular flexibility index (Phi) is 4.99. The maximum Gasteiger partial charge on any atom is 0.131 e. The van der Waals surface area contributed by atoms with Gasteiger partial charge in [0.1, 0.15) is 5.75 Å². The van der Waals surface area contributed by atoms with Gasteiger partial charge in [0.2, 0.25) is 0 Å². The van der Waals surface area contributed by atoms with Crippen molar-refractivity contribution in [2.45, 2.75) is 19.4 Å². The van der Waals surface area contributed by atoms with Gasteiger partial charge in [0.25, 0.3) is 0 Å². The van der Waals surface area contributed by atoms with Gasteiger partial charge < -0.3 is 15.4 Å². The molecule has 3 nitrogen and oxygen atoms in total. The largest absolute Gasteiger partial charge is 0.493 e. The fraction of sp³-hybridized carbons (Fsp3) is 0.412. The third kappa shape index (κ3) is 3.50. The van der Waals surface area contributed by atoms with Gasteiger partial charge in [0, 0.05) is 23.5 Å². The second-order valence-corrected chi connectivity index (χ2v) is 5.50. The number of benzene rings is 2. The van der Waals surface area contributed by atoms with Crippen molar-refractivity contribution < 1.29 is 4.74 Å². The van der Waals surface area contributed by atoms with Gasteiger partial charge in [0.05, 0.1) is 6.61 Å². The van der Waals surface area contributed by atoms with E-state index < -0.39 is 0 Å². The standard InChI is InChI=1S/C17H24N2O/c1-13(18)15-10-9-14-7-4-5-8-16(14)17(15)20-12-6-11-19(2)3/h4-5,7-10,13H,6,11-12,18H2,1-3H3/t13-/m0/s1. The zero-order valence-electron chi connectivity index (χ0n) is 12.6. The molecule has 0 saturated heterocycles. The molecule has 2 N–H and O–H groups in total. The minimum absolute atomic E-state index is 0.0246. The minimum atomic E-state index is -0.0246. The topological polar surface area (TPSA) is 38.5 Å². The number of fused-ring (bicyclic) bond motifs is 1. The van der Waals surface area contributed by atoms with Crippen LogP contribution < -0.4 is 10.5 Å². The van der Waals surface area contributed by atoms with Crippen LogP contribution in [0.25, 0.3) is 10.8 Å². The molecule has 0 heterocycles. The number of nitrogens with two attached hydrogens (primary N) is 1. The summed E-state index contributed by atoms with van der Waals surface area (Å²) >= 11 is 0. The fourth-order valence-corrected chi connectivity index (χ4v) is 2.33. The summed E-state index contributed by atoms with van der Waals surface area (Å²) in [6.45, 7) is 3.74. The molecule has 0 radical (unpaired) electrons. The van der Waals surface area contributed by atoms with Crippen LogP contribution in [-0.2, 0) is 0 Å². The van der Waals surface area contributed by atoms with Gasteiger partial charge in [-0.15, -0.1) is 0 Å². The lowest BCUT2D eigenvalue weighted by molar-refractivity contribution is 0.281. The zero-order chi connectivity index (χ0) is 14.5. The number of hydrogen-bond acceptors (Lipinski definition) is 3. The molecule has 0 bridgehead atoms. The van der Waals surface area contributed by atoms with Crippen molar-refractivity contribution in [3.8, 4) is 5.75 Å². The van der Waals surface area contributed by atoms with Crippen LogP contribution in [0, 0.1) is 0 Å². The second kappa shape index (κ2) is 6.73. The molecular formula is C17H24N2O. The lowest BCUT2D eigenvalue weighted by atomic mass is 10.0. The molecule has 0 spiro atoms. The molecule has 20 heavy (non-hydrogen) atoms. The molecule has 2 aromatic rings. The van der Waals surface area contributed by atoms with E-state index >= 15 is 0 Å². The smallest absolute Gasteiger partial charge is 0.131 e. The molecule has 108 valence electrons. The predicted molar refractivity (Wildman–Crippen MR) is 85.2 cm³/mol. The molecule has 0 unspecified atom stereocenters. The van der Waals surface area contributed by atoms with Crippen LogP contribution in [0.15, 0.2) is 36.4 Å². The summed E-state index contributed by atoms with van der Waals surface area (Å²) in [5.41, 5.74) is 7.15. The van der Waals surface area contributed by atoms with Crippen molar-refractivity contribution >= 4 is 10.8 Å². The number of nitrogens with zero attached hydrogens (tertiary/aromatic N) is 1. The third-order valence-electron chi connectivity index (χ3n) is 3.40. The van der Waals surface area contributed by atoms with Crippen LogP contribution in [0.1, 0.15) is 24.9 Å². The SMILES string of the molecule is C[C@H](N)c1ccc2ccccc2c1OCCCN(C)C. The Morgan fingerprint density at radius 1 is 1.15 bits per heavy atom. The van der Waals surface area contributed by atoms with E-state index in [1.54, 1.807) is 0 Å². The molecule has 2 rings (SSSR count). The van der Waals surface area contributed by atoms with Gasteiger partial charge in [0.15, 0.2) is 0 Å². The lowest BCUT2D eigenvalue weighted by Crippen LogP contribution is -2.16. The van der Waals surface area contributed by atoms with E-state index in [0.29, 0.717) is 6.61 Å². The maximum atomic E-state index is 6.07. The molecule has 0 amide bonds. The van der Waals surface area contributed by atoms with E-state index in [1.165, 1.54) is 5.39 Å². The Bertz CT molecular complexity index is 564. The van der Waals surface area contributed by atoms with E-state index in [0.717, 1.165) is 29.7 Å². The first-order chi connectivity index (χ1) is 9.59. The Hall–Kier alpha value is -1.58. The Morgan fingerprint density at radius 3 is 2.60 bits per heavy atom. The van der Waals surface area contributed by atoms with Crippen molar-refractivity contribution in [3.63, 3.8) is 0 Å². The highest BCUT2D eigenvalue weighted by atomic mass is 16.5. The minimum Gasteiger partial charge on any atom is -0.493 e. The molecule has 3 heteroatoms. The maximum absolute atomic E-state index is 6.07. The van der Waals surface area contributed by atoms with Crippen molar-refractivity contribution in [2.24, 2.45) is 5.73 Å². The highest BCUT2D eigenvalue weighted by Crippen LogP contribution is 2.32. The van der Waals surface area contributed by atoms with E-state index in [9.17, 15) is 0 Å². The van der Waals surface area contributed by atoms with Gasteiger partial charge in [-0.1, -0.05) is 36.4 Å². The number of ether oxygens (including phenoxy) is 1. The summed E-state index contributed by atoms with van der Waals surface area (Å²) in [5, 5.41) is 2.34. The molecule has 1 atom stereocenters. The lowest BCUT2D eigenvalue weighted by Gasteiger charge is -2.17. The van der Waals surface area contributed by atoms with Crippen molar-refractivity contribution in [3.05, 3.63) is 42.0 Å². The summed E-state index contributed by atoms with van der Waals surface area (Å²) in [6, 6.07) is 12.5. The molecule has 0 aliphatic heterocycles. The van der Waals surface area contributed by atoms with Gasteiger partial charge in [-0.2, -0.15) is 0 Å². The average molecular weight is 272 g/mol. The summed E-state index contributed by atoms with van der Waals surface area (Å²) in [5.74, 6) is 0.942. The van der Waals surface area contributed by atoms with Crippen molar-refractivity contribution in [2.75, 3.05) is 27.2 Å². The summed E-state index contributed by atoms with van der Waals surface area (Å²) in [7, 11) is 4.15. The normalized spacial score (nSPS) is 12.8. The summed E-state index contributed by atoms with van der Waals surface area (Å²) in [4.78, 5) is 2.17. The van der Waals surface area contributed by atoms with Crippen LogP contribution in [0.2, 0.25) is 0 Å². The van der Waals surface area contributed by atoms with Crippen LogP contribution in [-0.4, -0.2) is 32.1 Å². The van der Waals surface area contributed by atoms with E-state index in [1.807, 2.05) is 19.1 Å². The first kappa shape index (κ1) is 14.8. The summed E-state index contributed by atoms with van der Waals surface area (Å²) in [6.07, 6.45) is 1.01. The number of hydrogen-bond donors (Lipinski definition) is 1. The quantitative estimate of drug-likeness (QED) is 0.821. The highest BCUT2D eigenvalue weighted by molar-refractivity contribution is 5.89. The van der Waals surface area contributed by atoms with Gasteiger partial charge >= 0.3 is 0 Å². The van der Waals surface area contributed by atoms with Gasteiger partial charge in [-0.25, -0.2) is 0 Å². The zero-order valence-corrected chi connectivity index (χ0v) is 12.6. The van der Waals surface area contributed by atoms with Crippen LogP contribution >= 0.6 is 0 Å².